The number of aromatic nitrogens is 1. The zero-order chi connectivity index (χ0) is 16.0. The van der Waals surface area contributed by atoms with Gasteiger partial charge in [-0.05, 0) is 31.4 Å². The van der Waals surface area contributed by atoms with Gasteiger partial charge in [-0.1, -0.05) is 12.5 Å². The van der Waals surface area contributed by atoms with Crippen molar-refractivity contribution >= 4 is 29.9 Å². The topological polar surface area (TPSA) is 49.8 Å². The predicted octanol–water partition coefficient (Wildman–Crippen LogP) is 3.33. The summed E-state index contributed by atoms with van der Waals surface area (Å²) in [5.74, 6) is 1.69. The molecule has 6 heteroatoms. The van der Waals surface area contributed by atoms with E-state index in [0.717, 1.165) is 31.1 Å². The summed E-state index contributed by atoms with van der Waals surface area (Å²) in [6, 6.07) is 3.76. The highest BCUT2D eigenvalue weighted by Gasteiger charge is 2.04. The quantitative estimate of drug-likeness (QED) is 0.203. The molecule has 0 aliphatic heterocycles. The van der Waals surface area contributed by atoms with Crippen molar-refractivity contribution < 1.29 is 4.74 Å². The van der Waals surface area contributed by atoms with Gasteiger partial charge in [0.25, 0.3) is 0 Å². The average molecular weight is 432 g/mol. The Morgan fingerprint density at radius 1 is 1.43 bits per heavy atom. The first-order valence-electron chi connectivity index (χ1n) is 7.83. The van der Waals surface area contributed by atoms with Crippen LogP contribution in [0.4, 0.5) is 0 Å². The van der Waals surface area contributed by atoms with E-state index in [4.69, 9.17) is 4.74 Å². The Morgan fingerprint density at radius 3 is 2.91 bits per heavy atom. The van der Waals surface area contributed by atoms with Crippen LogP contribution in [0, 0.1) is 0 Å². The molecule has 1 rings (SSSR count). The second kappa shape index (κ2) is 14.3. The van der Waals surface area contributed by atoms with Crippen LogP contribution in [0.2, 0.25) is 0 Å². The van der Waals surface area contributed by atoms with Crippen LogP contribution in [0.1, 0.15) is 25.7 Å². The van der Waals surface area contributed by atoms with Gasteiger partial charge < -0.3 is 15.0 Å². The Bertz CT molecular complexity index is 439. The third kappa shape index (κ3) is 10.1. The molecule has 0 fully saturated rings. The number of guanidine groups is 1. The lowest BCUT2D eigenvalue weighted by molar-refractivity contribution is 0.318. The van der Waals surface area contributed by atoms with Gasteiger partial charge in [-0.15, -0.1) is 30.6 Å². The first-order chi connectivity index (χ1) is 10.8. The van der Waals surface area contributed by atoms with Gasteiger partial charge in [-0.3, -0.25) is 9.98 Å². The normalized spacial score (nSPS) is 10.6. The molecule has 0 aliphatic carbocycles. The highest BCUT2D eigenvalue weighted by atomic mass is 127. The molecule has 0 amide bonds. The number of unbranched alkanes of at least 4 members (excludes halogenated alkanes) is 3. The van der Waals surface area contributed by atoms with E-state index in [0.29, 0.717) is 13.2 Å². The first-order valence-corrected chi connectivity index (χ1v) is 7.83. The number of pyridine rings is 1. The highest BCUT2D eigenvalue weighted by Crippen LogP contribution is 2.05. The molecule has 0 atom stereocenters. The van der Waals surface area contributed by atoms with E-state index in [1.165, 1.54) is 12.8 Å². The summed E-state index contributed by atoms with van der Waals surface area (Å²) in [7, 11) is 3.86. The van der Waals surface area contributed by atoms with E-state index in [1.807, 2.05) is 18.2 Å². The van der Waals surface area contributed by atoms with Gasteiger partial charge in [-0.2, -0.15) is 0 Å². The molecule has 130 valence electrons. The molecule has 0 aliphatic rings. The zero-order valence-electron chi connectivity index (χ0n) is 14.2. The maximum atomic E-state index is 5.60. The first kappa shape index (κ1) is 21.7. The van der Waals surface area contributed by atoms with E-state index < -0.39 is 0 Å². The van der Waals surface area contributed by atoms with Crippen LogP contribution in [0.5, 0.6) is 5.75 Å². The number of nitrogens with one attached hydrogen (secondary N) is 1. The molecule has 0 unspecified atom stereocenters. The fourth-order valence-electron chi connectivity index (χ4n) is 2.07. The lowest BCUT2D eigenvalue weighted by atomic mass is 10.2. The summed E-state index contributed by atoms with van der Waals surface area (Å²) in [5, 5.41) is 3.31. The van der Waals surface area contributed by atoms with Crippen LogP contribution in [0.15, 0.2) is 42.2 Å². The molecule has 23 heavy (non-hydrogen) atoms. The fourth-order valence-corrected chi connectivity index (χ4v) is 2.07. The number of halogens is 1. The maximum Gasteiger partial charge on any atom is 0.193 e. The minimum absolute atomic E-state index is 0. The number of nitrogens with zero attached hydrogens (tertiary/aromatic N) is 3. The van der Waals surface area contributed by atoms with Gasteiger partial charge >= 0.3 is 0 Å². The Kier molecular flexibility index (Phi) is 13.5. The molecule has 1 aromatic heterocycles. The minimum Gasteiger partial charge on any atom is -0.490 e. The van der Waals surface area contributed by atoms with Crippen molar-refractivity contribution in [2.75, 3.05) is 33.8 Å². The third-order valence-electron chi connectivity index (χ3n) is 3.26. The number of ether oxygens (including phenoxy) is 1. The van der Waals surface area contributed by atoms with E-state index >= 15 is 0 Å². The lowest BCUT2D eigenvalue weighted by Crippen LogP contribution is -2.41. The number of aliphatic imine (C=N–C) groups is 1. The van der Waals surface area contributed by atoms with E-state index in [-0.39, 0.29) is 24.0 Å². The lowest BCUT2D eigenvalue weighted by Gasteiger charge is -2.22. The summed E-state index contributed by atoms with van der Waals surface area (Å²) < 4.78 is 5.60. The Balaban J connectivity index is 0.00000484. The fraction of sp³-hybridized carbons (Fsp3) is 0.529. The van der Waals surface area contributed by atoms with Crippen molar-refractivity contribution in [2.24, 2.45) is 4.99 Å². The summed E-state index contributed by atoms with van der Waals surface area (Å²) in [6.45, 7) is 6.04. The molecule has 1 heterocycles. The van der Waals surface area contributed by atoms with Crippen molar-refractivity contribution in [3.63, 3.8) is 0 Å². The second-order valence-electron chi connectivity index (χ2n) is 5.07. The zero-order valence-corrected chi connectivity index (χ0v) is 16.5. The van der Waals surface area contributed by atoms with Crippen molar-refractivity contribution in [3.8, 4) is 5.75 Å². The van der Waals surface area contributed by atoms with Crippen molar-refractivity contribution in [1.29, 1.82) is 0 Å². The minimum atomic E-state index is 0. The SMILES string of the molecule is C=CCCCCCN(C)C(=NC)NCCOc1cccnc1.I. The van der Waals surface area contributed by atoms with Gasteiger partial charge in [0.1, 0.15) is 12.4 Å². The average Bonchev–Trinajstić information content (AvgIpc) is 2.55. The van der Waals surface area contributed by atoms with Crippen LogP contribution >= 0.6 is 24.0 Å². The number of hydrogen-bond acceptors (Lipinski definition) is 3. The Labute approximate surface area is 157 Å². The van der Waals surface area contributed by atoms with Crippen LogP contribution in [0.25, 0.3) is 0 Å². The summed E-state index contributed by atoms with van der Waals surface area (Å²) in [6.07, 6.45) is 10.1. The van der Waals surface area contributed by atoms with Crippen LogP contribution in [0.3, 0.4) is 0 Å². The largest absolute Gasteiger partial charge is 0.490 e. The van der Waals surface area contributed by atoms with E-state index in [1.54, 1.807) is 19.4 Å². The number of allylic oxidation sites excluding steroid dienone is 1. The predicted molar refractivity (Wildman–Crippen MR) is 108 cm³/mol. The molecule has 1 N–H and O–H groups in total. The molecule has 5 nitrogen and oxygen atoms in total. The monoisotopic (exact) mass is 432 g/mol. The van der Waals surface area contributed by atoms with Gasteiger partial charge in [0.15, 0.2) is 5.96 Å². The van der Waals surface area contributed by atoms with Crippen LogP contribution in [-0.2, 0) is 0 Å². The van der Waals surface area contributed by atoms with Gasteiger partial charge in [0.2, 0.25) is 0 Å². The second-order valence-corrected chi connectivity index (χ2v) is 5.07. The van der Waals surface area contributed by atoms with Crippen molar-refractivity contribution in [2.45, 2.75) is 25.7 Å². The maximum absolute atomic E-state index is 5.60. The molecule has 0 bridgehead atoms. The smallest absolute Gasteiger partial charge is 0.193 e. The molecule has 1 aromatic rings. The summed E-state index contributed by atoms with van der Waals surface area (Å²) in [4.78, 5) is 10.5. The highest BCUT2D eigenvalue weighted by molar-refractivity contribution is 14.0. The summed E-state index contributed by atoms with van der Waals surface area (Å²) in [5.41, 5.74) is 0. The molecule has 0 spiro atoms. The number of rotatable bonds is 10. The van der Waals surface area contributed by atoms with E-state index in [9.17, 15) is 0 Å². The standard InChI is InChI=1S/C17H28N4O.HI/c1-4-5-6-7-8-13-21(3)17(18-2)20-12-14-22-16-10-9-11-19-15-16;/h4,9-11,15H,1,5-8,12-14H2,2-3H3,(H,18,20);1H. The Morgan fingerprint density at radius 2 is 2.26 bits per heavy atom. The molecular weight excluding hydrogens is 403 g/mol. The van der Waals surface area contributed by atoms with Gasteiger partial charge in [0, 0.05) is 26.8 Å². The Hall–Kier alpha value is -1.31. The van der Waals surface area contributed by atoms with Crippen LogP contribution < -0.4 is 10.1 Å². The molecule has 0 radical (unpaired) electrons. The molecular formula is C17H29IN4O. The van der Waals surface area contributed by atoms with Crippen LogP contribution in [-0.4, -0.2) is 49.6 Å². The van der Waals surface area contributed by atoms with Gasteiger partial charge in [0.05, 0.1) is 12.7 Å². The molecule has 0 saturated heterocycles. The number of hydrogen-bond donors (Lipinski definition) is 1. The van der Waals surface area contributed by atoms with Crippen molar-refractivity contribution in [1.82, 2.24) is 15.2 Å². The molecule has 0 aromatic carbocycles. The van der Waals surface area contributed by atoms with Crippen molar-refractivity contribution in [3.05, 3.63) is 37.2 Å². The van der Waals surface area contributed by atoms with E-state index in [2.05, 4.69) is 33.8 Å². The summed E-state index contributed by atoms with van der Waals surface area (Å²) >= 11 is 0. The molecule has 0 saturated carbocycles. The van der Waals surface area contributed by atoms with Gasteiger partial charge in [-0.25, -0.2) is 0 Å². The third-order valence-corrected chi connectivity index (χ3v) is 3.26.